The maximum absolute atomic E-state index is 13.7. The first-order valence-corrected chi connectivity index (χ1v) is 5.47. The third-order valence-electron chi connectivity index (χ3n) is 2.50. The van der Waals surface area contributed by atoms with E-state index in [4.69, 9.17) is 10.2 Å². The quantitative estimate of drug-likeness (QED) is 0.896. The summed E-state index contributed by atoms with van der Waals surface area (Å²) in [5, 5.41) is 17.8. The highest BCUT2D eigenvalue weighted by Crippen LogP contribution is 2.31. The maximum atomic E-state index is 13.7. The third-order valence-corrected chi connectivity index (χ3v) is 3.00. The minimum Gasteiger partial charge on any atom is -0.481 e. The van der Waals surface area contributed by atoms with Crippen molar-refractivity contribution in [3.63, 3.8) is 0 Å². The Balaban J connectivity index is 3.32. The third kappa shape index (κ3) is 2.82. The number of benzene rings is 1. The first-order valence-electron chi connectivity index (χ1n) is 4.68. The molecule has 0 radical (unpaired) electrons. The second kappa shape index (κ2) is 4.83. The van der Waals surface area contributed by atoms with E-state index in [2.05, 4.69) is 15.9 Å². The molecule has 0 aliphatic rings. The summed E-state index contributed by atoms with van der Waals surface area (Å²) >= 11 is 3.05. The van der Waals surface area contributed by atoms with E-state index in [0.29, 0.717) is 4.47 Å². The van der Waals surface area contributed by atoms with Crippen LogP contribution in [0.15, 0.2) is 22.7 Å². The molecular formula is C11H10BrFO4. The fourth-order valence-corrected chi connectivity index (χ4v) is 1.86. The van der Waals surface area contributed by atoms with Crippen molar-refractivity contribution in [3.8, 4) is 0 Å². The van der Waals surface area contributed by atoms with Gasteiger partial charge in [0.25, 0.3) is 0 Å². The molecule has 0 aliphatic heterocycles. The van der Waals surface area contributed by atoms with Crippen molar-refractivity contribution >= 4 is 27.9 Å². The molecule has 1 aromatic rings. The highest BCUT2D eigenvalue weighted by molar-refractivity contribution is 9.10. The number of carboxylic acids is 2. The molecule has 0 amide bonds. The fourth-order valence-electron chi connectivity index (χ4n) is 1.53. The van der Waals surface area contributed by atoms with Crippen molar-refractivity contribution in [1.82, 2.24) is 0 Å². The highest BCUT2D eigenvalue weighted by Gasteiger charge is 2.39. The van der Waals surface area contributed by atoms with Gasteiger partial charge in [0.1, 0.15) is 11.2 Å². The van der Waals surface area contributed by atoms with Crippen molar-refractivity contribution in [2.24, 2.45) is 0 Å². The average Bonchev–Trinajstić information content (AvgIpc) is 2.15. The molecule has 0 bridgehead atoms. The number of hydrogen-bond acceptors (Lipinski definition) is 2. The molecule has 1 aromatic carbocycles. The Kier molecular flexibility index (Phi) is 3.87. The molecule has 6 heteroatoms. The van der Waals surface area contributed by atoms with Gasteiger partial charge >= 0.3 is 11.9 Å². The minimum atomic E-state index is -1.78. The molecule has 1 rings (SSSR count). The van der Waals surface area contributed by atoms with Crippen LogP contribution in [0.25, 0.3) is 0 Å². The number of rotatable bonds is 4. The summed E-state index contributed by atoms with van der Waals surface area (Å²) in [6.45, 7) is 1.19. The Morgan fingerprint density at radius 2 is 2.00 bits per heavy atom. The van der Waals surface area contributed by atoms with Gasteiger partial charge in [-0.2, -0.15) is 0 Å². The first kappa shape index (κ1) is 13.6. The second-order valence-electron chi connectivity index (χ2n) is 3.83. The lowest BCUT2D eigenvalue weighted by Crippen LogP contribution is -2.35. The SMILES string of the molecule is CC(CC(=O)O)(C(=O)O)c1ccc(Br)cc1F. The Hall–Kier alpha value is -1.43. The van der Waals surface area contributed by atoms with Crippen molar-refractivity contribution in [2.45, 2.75) is 18.8 Å². The van der Waals surface area contributed by atoms with E-state index in [0.717, 1.165) is 6.07 Å². The zero-order chi connectivity index (χ0) is 13.2. The van der Waals surface area contributed by atoms with Gasteiger partial charge in [0.2, 0.25) is 0 Å². The average molecular weight is 305 g/mol. The summed E-state index contributed by atoms with van der Waals surface area (Å²) in [6, 6.07) is 3.86. The van der Waals surface area contributed by atoms with E-state index in [1.54, 1.807) is 0 Å². The van der Waals surface area contributed by atoms with Crippen LogP contribution in [0, 0.1) is 5.82 Å². The van der Waals surface area contributed by atoms with Crippen LogP contribution in [0.5, 0.6) is 0 Å². The van der Waals surface area contributed by atoms with Gasteiger partial charge in [-0.05, 0) is 19.1 Å². The van der Waals surface area contributed by atoms with Crippen molar-refractivity contribution in [3.05, 3.63) is 34.1 Å². The summed E-state index contributed by atoms with van der Waals surface area (Å²) in [6.07, 6.45) is -0.680. The van der Waals surface area contributed by atoms with E-state index in [1.165, 1.54) is 19.1 Å². The van der Waals surface area contributed by atoms with Crippen molar-refractivity contribution in [2.75, 3.05) is 0 Å². The Morgan fingerprint density at radius 1 is 1.41 bits per heavy atom. The van der Waals surface area contributed by atoms with Crippen molar-refractivity contribution < 1.29 is 24.2 Å². The van der Waals surface area contributed by atoms with E-state index in [9.17, 15) is 14.0 Å². The fraction of sp³-hybridized carbons (Fsp3) is 0.273. The van der Waals surface area contributed by atoms with Gasteiger partial charge in [-0.15, -0.1) is 0 Å². The summed E-state index contributed by atoms with van der Waals surface area (Å²) in [7, 11) is 0. The van der Waals surface area contributed by atoms with Gasteiger partial charge < -0.3 is 10.2 Å². The smallest absolute Gasteiger partial charge is 0.314 e. The standard InChI is InChI=1S/C11H10BrFO4/c1-11(10(16)17,5-9(14)15)7-3-2-6(12)4-8(7)13/h2-4H,5H2,1H3,(H,14,15)(H,16,17). The molecule has 0 saturated carbocycles. The van der Waals surface area contributed by atoms with Gasteiger partial charge in [0, 0.05) is 10.0 Å². The molecule has 0 fully saturated rings. The van der Waals surface area contributed by atoms with E-state index >= 15 is 0 Å². The zero-order valence-electron chi connectivity index (χ0n) is 8.91. The van der Waals surface area contributed by atoms with Gasteiger partial charge in [-0.1, -0.05) is 22.0 Å². The van der Waals surface area contributed by atoms with E-state index in [-0.39, 0.29) is 5.56 Å². The Bertz CT molecular complexity index is 475. The number of carboxylic acid groups (broad SMARTS) is 2. The van der Waals surface area contributed by atoms with E-state index < -0.39 is 29.6 Å². The van der Waals surface area contributed by atoms with Crippen LogP contribution >= 0.6 is 15.9 Å². The predicted molar refractivity (Wildman–Crippen MR) is 61.3 cm³/mol. The van der Waals surface area contributed by atoms with Gasteiger partial charge in [-0.3, -0.25) is 9.59 Å². The van der Waals surface area contributed by atoms with Crippen LogP contribution < -0.4 is 0 Å². The molecule has 0 saturated heterocycles. The number of hydrogen-bond donors (Lipinski definition) is 2. The van der Waals surface area contributed by atoms with Crippen LogP contribution in [0.3, 0.4) is 0 Å². The van der Waals surface area contributed by atoms with Crippen molar-refractivity contribution in [1.29, 1.82) is 0 Å². The maximum Gasteiger partial charge on any atom is 0.314 e. The lowest BCUT2D eigenvalue weighted by molar-refractivity contribution is -0.149. The monoisotopic (exact) mass is 304 g/mol. The molecule has 2 N–H and O–H groups in total. The highest BCUT2D eigenvalue weighted by atomic mass is 79.9. The molecule has 1 unspecified atom stereocenters. The van der Waals surface area contributed by atoms with Crippen LogP contribution in [-0.2, 0) is 15.0 Å². The summed E-state index contributed by atoms with van der Waals surface area (Å²) < 4.78 is 14.1. The zero-order valence-corrected chi connectivity index (χ0v) is 10.5. The molecule has 0 spiro atoms. The van der Waals surface area contributed by atoms with Gasteiger partial charge in [0.15, 0.2) is 0 Å². The molecule has 1 atom stereocenters. The van der Waals surface area contributed by atoms with Crippen LogP contribution in [0.2, 0.25) is 0 Å². The van der Waals surface area contributed by atoms with Gasteiger partial charge in [0.05, 0.1) is 6.42 Å². The first-order chi connectivity index (χ1) is 7.77. The van der Waals surface area contributed by atoms with Crippen LogP contribution in [-0.4, -0.2) is 22.2 Å². The molecule has 0 aliphatic carbocycles. The lowest BCUT2D eigenvalue weighted by atomic mass is 9.79. The van der Waals surface area contributed by atoms with E-state index in [1.807, 2.05) is 0 Å². The van der Waals surface area contributed by atoms with Crippen LogP contribution in [0.1, 0.15) is 18.9 Å². The summed E-state index contributed by atoms with van der Waals surface area (Å²) in [5.41, 5.74) is -1.92. The number of carbonyl (C=O) groups is 2. The topological polar surface area (TPSA) is 74.6 Å². The Morgan fingerprint density at radius 3 is 2.41 bits per heavy atom. The molecular weight excluding hydrogens is 295 g/mol. The second-order valence-corrected chi connectivity index (χ2v) is 4.75. The lowest BCUT2D eigenvalue weighted by Gasteiger charge is -2.23. The molecule has 0 heterocycles. The van der Waals surface area contributed by atoms with Crippen LogP contribution in [0.4, 0.5) is 4.39 Å². The predicted octanol–water partition coefficient (Wildman–Crippen LogP) is 2.41. The molecule has 4 nitrogen and oxygen atoms in total. The number of halogens is 2. The molecule has 0 aromatic heterocycles. The number of aliphatic carboxylic acids is 2. The molecule has 17 heavy (non-hydrogen) atoms. The normalized spacial score (nSPS) is 14.1. The molecule has 92 valence electrons. The minimum absolute atomic E-state index is 0.143. The summed E-state index contributed by atoms with van der Waals surface area (Å²) in [5.74, 6) is -3.41. The largest absolute Gasteiger partial charge is 0.481 e. The van der Waals surface area contributed by atoms with Gasteiger partial charge in [-0.25, -0.2) is 4.39 Å². The Labute approximate surface area is 105 Å². The summed E-state index contributed by atoms with van der Waals surface area (Å²) in [4.78, 5) is 21.8.